The summed E-state index contributed by atoms with van der Waals surface area (Å²) in [7, 11) is 0. The van der Waals surface area contributed by atoms with Crippen molar-refractivity contribution in [2.75, 3.05) is 11.9 Å². The van der Waals surface area contributed by atoms with Crippen LogP contribution in [-0.2, 0) is 0 Å². The lowest BCUT2D eigenvalue weighted by molar-refractivity contribution is 0.102. The summed E-state index contributed by atoms with van der Waals surface area (Å²) in [6.07, 6.45) is 1.41. The predicted molar refractivity (Wildman–Crippen MR) is 78.8 cm³/mol. The molecule has 5 heteroatoms. The third-order valence-electron chi connectivity index (χ3n) is 2.54. The normalized spacial score (nSPS) is 9.75. The van der Waals surface area contributed by atoms with Crippen LogP contribution in [0.1, 0.15) is 21.7 Å². The van der Waals surface area contributed by atoms with Crippen LogP contribution in [-0.4, -0.2) is 12.5 Å². The Labute approximate surface area is 121 Å². The van der Waals surface area contributed by atoms with Gasteiger partial charge < -0.3 is 15.5 Å². The maximum atomic E-state index is 12.0. The van der Waals surface area contributed by atoms with E-state index in [-0.39, 0.29) is 12.5 Å². The Balaban J connectivity index is 2.19. The number of aryl methyl sites for hydroxylation is 1. The van der Waals surface area contributed by atoms with Crippen molar-refractivity contribution in [2.24, 2.45) is 5.73 Å². The maximum Gasteiger partial charge on any atom is 0.258 e. The molecule has 1 aromatic carbocycles. The maximum absolute atomic E-state index is 12.0. The van der Waals surface area contributed by atoms with Gasteiger partial charge in [0.05, 0.1) is 17.1 Å². The van der Waals surface area contributed by atoms with E-state index in [1.54, 1.807) is 31.2 Å². The second kappa shape index (κ2) is 6.29. The Morgan fingerprint density at radius 2 is 2.25 bits per heavy atom. The number of nitrogens with two attached hydrogens (primary N) is 1. The molecule has 0 bridgehead atoms. The Morgan fingerprint density at radius 3 is 2.90 bits per heavy atom. The molecule has 0 saturated heterocycles. The Morgan fingerprint density at radius 1 is 1.45 bits per heavy atom. The monoisotopic (exact) mass is 288 g/mol. The number of furan rings is 1. The van der Waals surface area contributed by atoms with E-state index in [4.69, 9.17) is 21.8 Å². The van der Waals surface area contributed by atoms with Crippen molar-refractivity contribution in [2.45, 2.75) is 6.92 Å². The molecule has 102 valence electrons. The molecule has 0 unspecified atom stereocenters. The van der Waals surface area contributed by atoms with Gasteiger partial charge in [-0.05, 0) is 31.2 Å². The van der Waals surface area contributed by atoms with Gasteiger partial charge >= 0.3 is 0 Å². The summed E-state index contributed by atoms with van der Waals surface area (Å²) >= 11 is 6.02. The summed E-state index contributed by atoms with van der Waals surface area (Å²) in [4.78, 5) is 12.0. The molecule has 1 aromatic heterocycles. The van der Waals surface area contributed by atoms with Crippen LogP contribution in [0.15, 0.2) is 34.9 Å². The lowest BCUT2D eigenvalue weighted by Gasteiger charge is -2.05. The average Bonchev–Trinajstić information content (AvgIpc) is 2.86. The molecule has 0 atom stereocenters. The van der Waals surface area contributed by atoms with Crippen LogP contribution in [0.25, 0.3) is 0 Å². The van der Waals surface area contributed by atoms with Crippen LogP contribution < -0.4 is 11.1 Å². The van der Waals surface area contributed by atoms with Crippen molar-refractivity contribution in [1.82, 2.24) is 0 Å². The van der Waals surface area contributed by atoms with Crippen molar-refractivity contribution < 1.29 is 9.21 Å². The predicted octanol–water partition coefficient (Wildman–Crippen LogP) is 2.80. The first-order valence-electron chi connectivity index (χ1n) is 5.95. The Bertz CT molecular complexity index is 695. The lowest BCUT2D eigenvalue weighted by atomic mass is 10.2. The summed E-state index contributed by atoms with van der Waals surface area (Å²) in [6, 6.07) is 6.76. The van der Waals surface area contributed by atoms with Crippen molar-refractivity contribution in [3.63, 3.8) is 0 Å². The number of rotatable bonds is 2. The highest BCUT2D eigenvalue weighted by Gasteiger charge is 2.09. The van der Waals surface area contributed by atoms with E-state index in [0.29, 0.717) is 27.6 Å². The number of carbonyl (C=O) groups is 1. The van der Waals surface area contributed by atoms with E-state index in [1.165, 1.54) is 6.26 Å². The van der Waals surface area contributed by atoms with Gasteiger partial charge in [-0.25, -0.2) is 0 Å². The van der Waals surface area contributed by atoms with E-state index in [9.17, 15) is 4.79 Å². The molecular weight excluding hydrogens is 276 g/mol. The fraction of sp³-hybridized carbons (Fsp3) is 0.133. The number of anilines is 1. The highest BCUT2D eigenvalue weighted by molar-refractivity contribution is 6.31. The van der Waals surface area contributed by atoms with Crippen molar-refractivity contribution in [3.05, 3.63) is 52.4 Å². The second-order valence-electron chi connectivity index (χ2n) is 4.10. The Hall–Kier alpha value is -2.22. The number of hydrogen-bond acceptors (Lipinski definition) is 3. The molecule has 3 N–H and O–H groups in total. The number of benzene rings is 1. The second-order valence-corrected chi connectivity index (χ2v) is 4.51. The topological polar surface area (TPSA) is 68.3 Å². The zero-order valence-electron chi connectivity index (χ0n) is 10.9. The van der Waals surface area contributed by atoms with Gasteiger partial charge in [0.2, 0.25) is 0 Å². The smallest absolute Gasteiger partial charge is 0.258 e. The third-order valence-corrected chi connectivity index (χ3v) is 2.87. The summed E-state index contributed by atoms with van der Waals surface area (Å²) in [5.41, 5.74) is 7.03. The summed E-state index contributed by atoms with van der Waals surface area (Å²) in [5, 5.41) is 3.28. The van der Waals surface area contributed by atoms with Crippen LogP contribution in [0, 0.1) is 18.8 Å². The van der Waals surface area contributed by atoms with Gasteiger partial charge in [0.15, 0.2) is 0 Å². The van der Waals surface area contributed by atoms with Gasteiger partial charge in [0.25, 0.3) is 5.91 Å². The SMILES string of the molecule is Cc1cc(C(=O)Nc2ccc(Cl)c(C#CCN)c2)co1. The summed E-state index contributed by atoms with van der Waals surface area (Å²) < 4.78 is 5.10. The lowest BCUT2D eigenvalue weighted by Crippen LogP contribution is -2.10. The number of nitrogens with one attached hydrogen (secondary N) is 1. The highest BCUT2D eigenvalue weighted by Crippen LogP contribution is 2.20. The zero-order chi connectivity index (χ0) is 14.5. The first-order valence-corrected chi connectivity index (χ1v) is 6.33. The van der Waals surface area contributed by atoms with Gasteiger partial charge in [-0.2, -0.15) is 0 Å². The zero-order valence-corrected chi connectivity index (χ0v) is 11.6. The molecule has 2 aromatic rings. The van der Waals surface area contributed by atoms with E-state index < -0.39 is 0 Å². The van der Waals surface area contributed by atoms with Gasteiger partial charge in [0, 0.05) is 11.3 Å². The van der Waals surface area contributed by atoms with Crippen molar-refractivity contribution >= 4 is 23.2 Å². The van der Waals surface area contributed by atoms with Crippen LogP contribution >= 0.6 is 11.6 Å². The van der Waals surface area contributed by atoms with E-state index >= 15 is 0 Å². The van der Waals surface area contributed by atoms with Gasteiger partial charge in [-0.15, -0.1) is 0 Å². The van der Waals surface area contributed by atoms with Crippen LogP contribution in [0.3, 0.4) is 0 Å². The van der Waals surface area contributed by atoms with Crippen LogP contribution in [0.5, 0.6) is 0 Å². The number of amides is 1. The van der Waals surface area contributed by atoms with E-state index in [2.05, 4.69) is 17.2 Å². The van der Waals surface area contributed by atoms with Gasteiger partial charge in [0.1, 0.15) is 12.0 Å². The minimum atomic E-state index is -0.248. The number of halogens is 1. The molecule has 0 fully saturated rings. The van der Waals surface area contributed by atoms with Crippen molar-refractivity contribution in [3.8, 4) is 11.8 Å². The van der Waals surface area contributed by atoms with Crippen molar-refractivity contribution in [1.29, 1.82) is 0 Å². The summed E-state index contributed by atoms with van der Waals surface area (Å²) in [5.74, 6) is 6.01. The fourth-order valence-corrected chi connectivity index (χ4v) is 1.78. The molecule has 0 spiro atoms. The highest BCUT2D eigenvalue weighted by atomic mass is 35.5. The third kappa shape index (κ3) is 3.41. The average molecular weight is 289 g/mol. The molecule has 0 aliphatic rings. The molecule has 1 amide bonds. The quantitative estimate of drug-likeness (QED) is 0.835. The number of hydrogen-bond donors (Lipinski definition) is 2. The fourth-order valence-electron chi connectivity index (χ4n) is 1.61. The van der Waals surface area contributed by atoms with E-state index in [0.717, 1.165) is 0 Å². The molecule has 20 heavy (non-hydrogen) atoms. The largest absolute Gasteiger partial charge is 0.469 e. The first kappa shape index (κ1) is 14.2. The molecule has 0 radical (unpaired) electrons. The Kier molecular flexibility index (Phi) is 4.46. The molecule has 4 nitrogen and oxygen atoms in total. The molecule has 2 rings (SSSR count). The molecular formula is C15H13ClN2O2. The van der Waals surface area contributed by atoms with Gasteiger partial charge in [-0.3, -0.25) is 4.79 Å². The minimum absolute atomic E-state index is 0.248. The van der Waals surface area contributed by atoms with E-state index in [1.807, 2.05) is 0 Å². The number of carbonyl (C=O) groups excluding carboxylic acids is 1. The van der Waals surface area contributed by atoms with Crippen LogP contribution in [0.4, 0.5) is 5.69 Å². The first-order chi connectivity index (χ1) is 9.60. The minimum Gasteiger partial charge on any atom is -0.469 e. The molecule has 1 heterocycles. The van der Waals surface area contributed by atoms with Crippen LogP contribution in [0.2, 0.25) is 5.02 Å². The summed E-state index contributed by atoms with van der Waals surface area (Å²) in [6.45, 7) is 2.03. The van der Waals surface area contributed by atoms with Gasteiger partial charge in [-0.1, -0.05) is 23.4 Å². The molecule has 0 aliphatic heterocycles. The molecule has 0 saturated carbocycles. The standard InChI is InChI=1S/C15H13ClN2O2/c1-10-7-12(9-20-10)15(19)18-13-4-5-14(16)11(8-13)3-2-6-17/h4-5,7-9H,6,17H2,1H3,(H,18,19). The molecule has 0 aliphatic carbocycles.